The molecule has 0 saturated carbocycles. The first kappa shape index (κ1) is 23.3. The van der Waals surface area contributed by atoms with E-state index in [0.29, 0.717) is 18.7 Å². The van der Waals surface area contributed by atoms with E-state index in [2.05, 4.69) is 27.1 Å². The van der Waals surface area contributed by atoms with E-state index in [-0.39, 0.29) is 24.3 Å². The number of hydrogen-bond donors (Lipinski definition) is 3. The smallest absolute Gasteiger partial charge is 0.243 e. The maximum atomic E-state index is 13.7. The van der Waals surface area contributed by atoms with Gasteiger partial charge < -0.3 is 20.9 Å². The molecule has 174 valence electrons. The number of likely N-dealkylation sites (tertiary alicyclic amines) is 1. The lowest BCUT2D eigenvalue weighted by molar-refractivity contribution is -0.143. The first-order valence-electron chi connectivity index (χ1n) is 11.6. The molecule has 2 aromatic carbocycles. The molecule has 1 aliphatic heterocycles. The molecule has 7 heteroatoms. The molecule has 1 fully saturated rings. The van der Waals surface area contributed by atoms with Crippen LogP contribution in [0.25, 0.3) is 0 Å². The van der Waals surface area contributed by atoms with Crippen LogP contribution in [0.3, 0.4) is 0 Å². The van der Waals surface area contributed by atoms with E-state index in [1.807, 2.05) is 60.7 Å². The van der Waals surface area contributed by atoms with Gasteiger partial charge in [-0.2, -0.15) is 0 Å². The Kier molecular flexibility index (Phi) is 7.74. The number of aromatic amines is 1. The van der Waals surface area contributed by atoms with Crippen molar-refractivity contribution in [1.82, 2.24) is 20.2 Å². The lowest BCUT2D eigenvalue weighted by Crippen LogP contribution is -2.57. The van der Waals surface area contributed by atoms with Gasteiger partial charge in [0.1, 0.15) is 11.7 Å². The third-order valence-corrected chi connectivity index (χ3v) is 6.12. The number of carbonyl (C=O) groups is 2. The molecule has 2 atom stereocenters. The molecule has 0 bridgehead atoms. The van der Waals surface area contributed by atoms with Crippen LogP contribution >= 0.6 is 0 Å². The van der Waals surface area contributed by atoms with Crippen molar-refractivity contribution in [3.05, 3.63) is 90.0 Å². The standard InChI is InChI=1S/C27H29N5O2/c28-25(24(20-10-3-1-4-11-20)21-12-5-2-6-13-21)27(34)32-17-8-7-15-23(32)26(33)30-16-9-14-22-18-29-19-31-22/h1-6,10-13,18-19,23-25H,7-8,15-17,28H2,(H,29,31)(H,30,33)/t23-,25+/m0/s1. The lowest BCUT2D eigenvalue weighted by Gasteiger charge is -2.37. The van der Waals surface area contributed by atoms with E-state index < -0.39 is 12.1 Å². The van der Waals surface area contributed by atoms with Crippen LogP contribution in [0, 0.1) is 11.8 Å². The molecule has 4 N–H and O–H groups in total. The minimum absolute atomic E-state index is 0.194. The molecular formula is C27H29N5O2. The van der Waals surface area contributed by atoms with E-state index >= 15 is 0 Å². The van der Waals surface area contributed by atoms with Crippen molar-refractivity contribution in [3.63, 3.8) is 0 Å². The molecule has 0 unspecified atom stereocenters. The van der Waals surface area contributed by atoms with E-state index in [9.17, 15) is 9.59 Å². The summed E-state index contributed by atoms with van der Waals surface area (Å²) in [5, 5.41) is 2.85. The zero-order valence-electron chi connectivity index (χ0n) is 19.0. The lowest BCUT2D eigenvalue weighted by atomic mass is 9.84. The second kappa shape index (κ2) is 11.3. The fourth-order valence-electron chi connectivity index (χ4n) is 4.44. The molecule has 7 nitrogen and oxygen atoms in total. The van der Waals surface area contributed by atoms with E-state index in [4.69, 9.17) is 5.73 Å². The molecule has 1 aromatic heterocycles. The quantitative estimate of drug-likeness (QED) is 0.497. The van der Waals surface area contributed by atoms with Gasteiger partial charge in [0.2, 0.25) is 11.8 Å². The van der Waals surface area contributed by atoms with Gasteiger partial charge in [0.05, 0.1) is 25.1 Å². The minimum atomic E-state index is -0.807. The zero-order chi connectivity index (χ0) is 23.8. The highest BCUT2D eigenvalue weighted by molar-refractivity contribution is 5.91. The van der Waals surface area contributed by atoms with Crippen LogP contribution in [-0.4, -0.2) is 51.9 Å². The van der Waals surface area contributed by atoms with Gasteiger partial charge in [0.25, 0.3) is 0 Å². The Morgan fingerprint density at radius 3 is 2.38 bits per heavy atom. The number of benzene rings is 2. The Labute approximate surface area is 199 Å². The monoisotopic (exact) mass is 455 g/mol. The summed E-state index contributed by atoms with van der Waals surface area (Å²) >= 11 is 0. The maximum absolute atomic E-state index is 13.7. The number of rotatable bonds is 6. The fraction of sp³-hybridized carbons (Fsp3) is 0.296. The minimum Gasteiger partial charge on any atom is -0.343 e. The van der Waals surface area contributed by atoms with Gasteiger partial charge in [0, 0.05) is 12.5 Å². The van der Waals surface area contributed by atoms with Gasteiger partial charge in [-0.05, 0) is 36.3 Å². The molecule has 2 heterocycles. The zero-order valence-corrected chi connectivity index (χ0v) is 19.0. The highest BCUT2D eigenvalue weighted by Gasteiger charge is 2.37. The van der Waals surface area contributed by atoms with Crippen molar-refractivity contribution >= 4 is 11.8 Å². The van der Waals surface area contributed by atoms with E-state index in [1.54, 1.807) is 17.4 Å². The molecule has 3 aromatic rings. The number of carbonyl (C=O) groups excluding carboxylic acids is 2. The average molecular weight is 456 g/mol. The van der Waals surface area contributed by atoms with Crippen molar-refractivity contribution in [2.45, 2.75) is 37.3 Å². The van der Waals surface area contributed by atoms with Crippen LogP contribution in [0.4, 0.5) is 0 Å². The number of nitrogens with two attached hydrogens (primary N) is 1. The molecule has 2 amide bonds. The summed E-state index contributed by atoms with van der Waals surface area (Å²) in [5.74, 6) is 5.10. The number of nitrogens with zero attached hydrogens (tertiary/aromatic N) is 2. The number of H-pyrrole nitrogens is 1. The number of nitrogens with one attached hydrogen (secondary N) is 2. The second-order valence-corrected chi connectivity index (χ2v) is 8.35. The Morgan fingerprint density at radius 1 is 1.09 bits per heavy atom. The van der Waals surface area contributed by atoms with Crippen molar-refractivity contribution in [3.8, 4) is 11.8 Å². The van der Waals surface area contributed by atoms with Crippen molar-refractivity contribution in [1.29, 1.82) is 0 Å². The average Bonchev–Trinajstić information content (AvgIpc) is 3.41. The normalized spacial score (nSPS) is 16.4. The van der Waals surface area contributed by atoms with Crippen LogP contribution in [0.2, 0.25) is 0 Å². The first-order valence-corrected chi connectivity index (χ1v) is 11.6. The van der Waals surface area contributed by atoms with Crippen LogP contribution < -0.4 is 11.1 Å². The summed E-state index contributed by atoms with van der Waals surface area (Å²) in [6, 6.07) is 18.3. The van der Waals surface area contributed by atoms with Crippen LogP contribution in [0.15, 0.2) is 73.2 Å². The van der Waals surface area contributed by atoms with Gasteiger partial charge in [0.15, 0.2) is 0 Å². The van der Waals surface area contributed by atoms with Gasteiger partial charge in [-0.15, -0.1) is 0 Å². The van der Waals surface area contributed by atoms with Crippen LogP contribution in [-0.2, 0) is 9.59 Å². The Balaban J connectivity index is 1.49. The highest BCUT2D eigenvalue weighted by Crippen LogP contribution is 2.29. The third kappa shape index (κ3) is 5.53. The molecule has 1 aliphatic rings. The van der Waals surface area contributed by atoms with Crippen molar-refractivity contribution < 1.29 is 9.59 Å². The molecule has 1 saturated heterocycles. The van der Waals surface area contributed by atoms with Crippen LogP contribution in [0.5, 0.6) is 0 Å². The van der Waals surface area contributed by atoms with Crippen molar-refractivity contribution in [2.75, 3.05) is 13.1 Å². The Bertz CT molecular complexity index is 1100. The maximum Gasteiger partial charge on any atom is 0.243 e. The predicted octanol–water partition coefficient (Wildman–Crippen LogP) is 2.42. The SMILES string of the molecule is N[C@@H](C(=O)N1CCCC[C@H]1C(=O)NCC#Cc1cnc[nH]1)C(c1ccccc1)c1ccccc1. The van der Waals surface area contributed by atoms with E-state index in [0.717, 1.165) is 24.0 Å². The number of piperidine rings is 1. The van der Waals surface area contributed by atoms with Gasteiger partial charge in [-0.3, -0.25) is 9.59 Å². The summed E-state index contributed by atoms with van der Waals surface area (Å²) in [6.45, 7) is 0.708. The summed E-state index contributed by atoms with van der Waals surface area (Å²) in [7, 11) is 0. The van der Waals surface area contributed by atoms with Gasteiger partial charge >= 0.3 is 0 Å². The number of hydrogen-bond acceptors (Lipinski definition) is 4. The molecular weight excluding hydrogens is 426 g/mol. The summed E-state index contributed by atoms with van der Waals surface area (Å²) in [4.78, 5) is 35.1. The molecule has 0 aliphatic carbocycles. The number of amides is 2. The van der Waals surface area contributed by atoms with Crippen LogP contribution in [0.1, 0.15) is 42.0 Å². The number of aromatic nitrogens is 2. The molecule has 0 radical (unpaired) electrons. The largest absolute Gasteiger partial charge is 0.343 e. The first-order chi connectivity index (χ1) is 16.6. The second-order valence-electron chi connectivity index (χ2n) is 8.35. The van der Waals surface area contributed by atoms with Gasteiger partial charge in [-0.25, -0.2) is 4.98 Å². The van der Waals surface area contributed by atoms with Gasteiger partial charge in [-0.1, -0.05) is 66.6 Å². The Hall–Kier alpha value is -3.89. The molecule has 34 heavy (non-hydrogen) atoms. The highest BCUT2D eigenvalue weighted by atomic mass is 16.2. The third-order valence-electron chi connectivity index (χ3n) is 6.12. The summed E-state index contributed by atoms with van der Waals surface area (Å²) < 4.78 is 0. The predicted molar refractivity (Wildman–Crippen MR) is 131 cm³/mol. The topological polar surface area (TPSA) is 104 Å². The van der Waals surface area contributed by atoms with E-state index in [1.165, 1.54) is 0 Å². The van der Waals surface area contributed by atoms with Crippen molar-refractivity contribution in [2.24, 2.45) is 5.73 Å². The molecule has 4 rings (SSSR count). The fourth-order valence-corrected chi connectivity index (χ4v) is 4.44. The Morgan fingerprint density at radius 2 is 1.76 bits per heavy atom. The summed E-state index contributed by atoms with van der Waals surface area (Å²) in [6.07, 6.45) is 5.52. The summed E-state index contributed by atoms with van der Waals surface area (Å²) in [5.41, 5.74) is 9.27. The number of imidazole rings is 1. The molecule has 0 spiro atoms.